The van der Waals surface area contributed by atoms with Crippen molar-refractivity contribution < 1.29 is 38.5 Å². The van der Waals surface area contributed by atoms with Crippen LogP contribution in [0.1, 0.15) is 20.8 Å². The highest BCUT2D eigenvalue weighted by Gasteiger charge is 2.59. The summed E-state index contributed by atoms with van der Waals surface area (Å²) in [6.07, 6.45) is -0.600. The molecular formula is C22H24O8. The van der Waals surface area contributed by atoms with Gasteiger partial charge in [-0.05, 0) is 25.5 Å². The molecule has 3 aliphatic rings. The lowest BCUT2D eigenvalue weighted by atomic mass is 9.80. The molecule has 1 heterocycles. The van der Waals surface area contributed by atoms with E-state index in [1.54, 1.807) is 13.8 Å². The Morgan fingerprint density at radius 2 is 1.93 bits per heavy atom. The third-order valence-electron chi connectivity index (χ3n) is 5.91. The van der Waals surface area contributed by atoms with Crippen LogP contribution >= 0.6 is 0 Å². The molecule has 0 bridgehead atoms. The number of aliphatic hydroxyl groups excluding tert-OH is 1. The first-order valence-electron chi connectivity index (χ1n) is 9.56. The van der Waals surface area contributed by atoms with E-state index in [4.69, 9.17) is 14.2 Å². The molecule has 0 aromatic rings. The molecule has 0 radical (unpaired) electrons. The summed E-state index contributed by atoms with van der Waals surface area (Å²) in [5, 5.41) is 11.0. The van der Waals surface area contributed by atoms with Crippen molar-refractivity contribution in [2.24, 2.45) is 17.8 Å². The maximum atomic E-state index is 12.7. The summed E-state index contributed by atoms with van der Waals surface area (Å²) in [6.45, 7) is 11.9. The van der Waals surface area contributed by atoms with E-state index in [1.807, 2.05) is 0 Å². The standard InChI is InChI=1S/C22H24O8/c1-6-13(8-28-12(5)23)22(27)30-20-17-11(4)21(26)29-19(17)15-9(2)7-14(24)16(15)10(3)18(20)25/h6-7,15-20,25H,3-4,8H2,1-2,5H3. The van der Waals surface area contributed by atoms with E-state index in [-0.39, 0.29) is 29.1 Å². The molecule has 1 saturated carbocycles. The Labute approximate surface area is 173 Å². The minimum absolute atomic E-state index is 0.0551. The quantitative estimate of drug-likeness (QED) is 0.315. The Morgan fingerprint density at radius 1 is 1.27 bits per heavy atom. The lowest BCUT2D eigenvalue weighted by Gasteiger charge is -2.29. The van der Waals surface area contributed by atoms with Crippen molar-refractivity contribution in [1.29, 1.82) is 0 Å². The van der Waals surface area contributed by atoms with Crippen molar-refractivity contribution in [3.05, 3.63) is 47.6 Å². The highest BCUT2D eigenvalue weighted by atomic mass is 16.6. The Hall–Kier alpha value is -3.00. The minimum Gasteiger partial charge on any atom is -0.461 e. The molecule has 8 heteroatoms. The number of hydrogen-bond donors (Lipinski definition) is 1. The van der Waals surface area contributed by atoms with Crippen LogP contribution in [0.15, 0.2) is 47.6 Å². The first-order valence-corrected chi connectivity index (χ1v) is 9.56. The maximum absolute atomic E-state index is 12.7. The zero-order chi connectivity index (χ0) is 22.3. The number of fused-ring (bicyclic) bond motifs is 3. The summed E-state index contributed by atoms with van der Waals surface area (Å²) in [7, 11) is 0. The van der Waals surface area contributed by atoms with Crippen LogP contribution in [0.5, 0.6) is 0 Å². The second-order valence-corrected chi connectivity index (χ2v) is 7.70. The largest absolute Gasteiger partial charge is 0.461 e. The maximum Gasteiger partial charge on any atom is 0.337 e. The number of rotatable bonds is 4. The van der Waals surface area contributed by atoms with E-state index in [2.05, 4.69) is 13.2 Å². The van der Waals surface area contributed by atoms with Gasteiger partial charge >= 0.3 is 17.9 Å². The Bertz CT molecular complexity index is 908. The van der Waals surface area contributed by atoms with Gasteiger partial charge in [0.1, 0.15) is 24.9 Å². The fraction of sp³-hybridized carbons (Fsp3) is 0.455. The number of esters is 3. The highest BCUT2D eigenvalue weighted by molar-refractivity contribution is 5.99. The van der Waals surface area contributed by atoms with Crippen LogP contribution in [0.25, 0.3) is 0 Å². The molecule has 0 aromatic heterocycles. The lowest BCUT2D eigenvalue weighted by molar-refractivity contribution is -0.155. The second kappa shape index (κ2) is 8.02. The van der Waals surface area contributed by atoms with Crippen LogP contribution in [-0.4, -0.2) is 53.7 Å². The second-order valence-electron chi connectivity index (χ2n) is 7.70. The molecular weight excluding hydrogens is 392 g/mol. The van der Waals surface area contributed by atoms with Gasteiger partial charge in [0.2, 0.25) is 0 Å². The number of ether oxygens (including phenoxy) is 3. The van der Waals surface area contributed by atoms with Crippen LogP contribution in [0.2, 0.25) is 0 Å². The van der Waals surface area contributed by atoms with Gasteiger partial charge in [0.05, 0.1) is 17.4 Å². The smallest absolute Gasteiger partial charge is 0.337 e. The fourth-order valence-corrected chi connectivity index (χ4v) is 4.37. The number of hydrogen-bond acceptors (Lipinski definition) is 8. The van der Waals surface area contributed by atoms with Gasteiger partial charge in [-0.2, -0.15) is 0 Å². The van der Waals surface area contributed by atoms with Gasteiger partial charge in [-0.3, -0.25) is 9.59 Å². The molecule has 1 saturated heterocycles. The zero-order valence-corrected chi connectivity index (χ0v) is 17.0. The van der Waals surface area contributed by atoms with Gasteiger partial charge in [0.25, 0.3) is 0 Å². The fourth-order valence-electron chi connectivity index (χ4n) is 4.37. The van der Waals surface area contributed by atoms with Gasteiger partial charge in [-0.15, -0.1) is 0 Å². The average molecular weight is 416 g/mol. The van der Waals surface area contributed by atoms with Crippen molar-refractivity contribution in [3.63, 3.8) is 0 Å². The van der Waals surface area contributed by atoms with Crippen LogP contribution < -0.4 is 0 Å². The van der Waals surface area contributed by atoms with Crippen molar-refractivity contribution in [2.75, 3.05) is 6.61 Å². The van der Waals surface area contributed by atoms with Gasteiger partial charge in [0, 0.05) is 18.4 Å². The third-order valence-corrected chi connectivity index (χ3v) is 5.91. The molecule has 160 valence electrons. The molecule has 8 nitrogen and oxygen atoms in total. The average Bonchev–Trinajstić information content (AvgIpc) is 3.10. The number of carbonyl (C=O) groups is 4. The van der Waals surface area contributed by atoms with Crippen LogP contribution in [-0.2, 0) is 33.4 Å². The van der Waals surface area contributed by atoms with E-state index >= 15 is 0 Å². The van der Waals surface area contributed by atoms with Crippen molar-refractivity contribution >= 4 is 23.7 Å². The summed E-state index contributed by atoms with van der Waals surface area (Å²) >= 11 is 0. The normalized spacial score (nSPS) is 33.3. The SMILES string of the molecule is C=C1C(O)C(OC(=O)C(=CC)COC(C)=O)C2C(=C)C(=O)OC2C2C(C)=CC(=O)C12. The molecule has 0 amide bonds. The third kappa shape index (κ3) is 3.52. The molecule has 0 spiro atoms. The highest BCUT2D eigenvalue weighted by Crippen LogP contribution is 2.50. The number of ketones is 1. The summed E-state index contributed by atoms with van der Waals surface area (Å²) < 4.78 is 15.9. The van der Waals surface area contributed by atoms with Crippen molar-refractivity contribution in [1.82, 2.24) is 0 Å². The van der Waals surface area contributed by atoms with E-state index in [1.165, 1.54) is 19.1 Å². The number of aliphatic hydroxyl groups is 1. The summed E-state index contributed by atoms with van der Waals surface area (Å²) in [5.41, 5.74) is 1.01. The Morgan fingerprint density at radius 3 is 2.53 bits per heavy atom. The first kappa shape index (κ1) is 21.7. The Kier molecular flexibility index (Phi) is 5.81. The molecule has 6 atom stereocenters. The molecule has 0 aromatic carbocycles. The summed E-state index contributed by atoms with van der Waals surface area (Å²) in [6, 6.07) is 0. The predicted octanol–water partition coefficient (Wildman–Crippen LogP) is 1.20. The van der Waals surface area contributed by atoms with Crippen LogP contribution in [0, 0.1) is 17.8 Å². The van der Waals surface area contributed by atoms with Gasteiger partial charge < -0.3 is 19.3 Å². The van der Waals surface area contributed by atoms with E-state index in [0.29, 0.717) is 5.57 Å². The molecule has 2 fully saturated rings. The summed E-state index contributed by atoms with van der Waals surface area (Å²) in [4.78, 5) is 48.6. The van der Waals surface area contributed by atoms with Crippen molar-refractivity contribution in [2.45, 2.75) is 39.1 Å². The molecule has 6 unspecified atom stereocenters. The van der Waals surface area contributed by atoms with E-state index < -0.39 is 54.0 Å². The molecule has 1 aliphatic heterocycles. The summed E-state index contributed by atoms with van der Waals surface area (Å²) in [5.74, 6) is -4.46. The number of carbonyl (C=O) groups excluding carboxylic acids is 4. The lowest BCUT2D eigenvalue weighted by Crippen LogP contribution is -2.42. The van der Waals surface area contributed by atoms with E-state index in [0.717, 1.165) is 0 Å². The first-order chi connectivity index (χ1) is 14.1. The van der Waals surface area contributed by atoms with Crippen molar-refractivity contribution in [3.8, 4) is 0 Å². The van der Waals surface area contributed by atoms with Crippen LogP contribution in [0.3, 0.4) is 0 Å². The molecule has 1 N–H and O–H groups in total. The number of allylic oxidation sites excluding steroid dienone is 2. The molecule has 30 heavy (non-hydrogen) atoms. The molecule has 3 rings (SSSR count). The van der Waals surface area contributed by atoms with Gasteiger partial charge in [-0.25, -0.2) is 9.59 Å². The zero-order valence-electron chi connectivity index (χ0n) is 17.0. The molecule has 2 aliphatic carbocycles. The van der Waals surface area contributed by atoms with E-state index in [9.17, 15) is 24.3 Å². The van der Waals surface area contributed by atoms with Gasteiger partial charge in [0.15, 0.2) is 5.78 Å². The topological polar surface area (TPSA) is 116 Å². The monoisotopic (exact) mass is 416 g/mol. The minimum atomic E-state index is -1.42. The predicted molar refractivity (Wildman–Crippen MR) is 104 cm³/mol. The van der Waals surface area contributed by atoms with Crippen LogP contribution in [0.4, 0.5) is 0 Å². The van der Waals surface area contributed by atoms with Gasteiger partial charge in [-0.1, -0.05) is 24.8 Å². The Balaban J connectivity index is 1.96.